The lowest BCUT2D eigenvalue weighted by Crippen LogP contribution is -2.05. The minimum absolute atomic E-state index is 0.0672. The number of allylic oxidation sites excluding steroid dienone is 6. The Labute approximate surface area is 155 Å². The fourth-order valence-corrected chi connectivity index (χ4v) is 2.30. The van der Waals surface area contributed by atoms with Crippen molar-refractivity contribution in [2.24, 2.45) is 0 Å². The zero-order valence-corrected chi connectivity index (χ0v) is 16.5. The zero-order valence-electron chi connectivity index (χ0n) is 16.5. The topological polar surface area (TPSA) is 26.3 Å². The molecule has 0 aromatic rings. The van der Waals surface area contributed by atoms with E-state index in [1.807, 2.05) is 6.92 Å². The molecule has 0 atom stereocenters. The van der Waals surface area contributed by atoms with Crippen LogP contribution in [0.15, 0.2) is 48.6 Å². The van der Waals surface area contributed by atoms with Crippen molar-refractivity contribution in [3.8, 4) is 0 Å². The van der Waals surface area contributed by atoms with E-state index in [0.717, 1.165) is 50.5 Å². The zero-order chi connectivity index (χ0) is 18.6. The number of rotatable bonds is 16. The number of esters is 1. The molecule has 0 rings (SSSR count). The van der Waals surface area contributed by atoms with Gasteiger partial charge < -0.3 is 4.74 Å². The van der Waals surface area contributed by atoms with Crippen molar-refractivity contribution >= 4 is 5.97 Å². The van der Waals surface area contributed by atoms with E-state index < -0.39 is 0 Å². The Balaban J connectivity index is 3.32. The van der Waals surface area contributed by atoms with Gasteiger partial charge in [-0.3, -0.25) is 4.79 Å². The van der Waals surface area contributed by atoms with Gasteiger partial charge in [0, 0.05) is 12.8 Å². The summed E-state index contributed by atoms with van der Waals surface area (Å²) in [4.78, 5) is 11.5. The number of unbranched alkanes of at least 4 members (excludes halogenated alkanes) is 5. The number of hydrogen-bond acceptors (Lipinski definition) is 2. The first kappa shape index (κ1) is 23.4. The highest BCUT2D eigenvalue weighted by molar-refractivity contribution is 5.69. The first-order chi connectivity index (χ1) is 12.2. The van der Waals surface area contributed by atoms with Crippen molar-refractivity contribution < 1.29 is 9.53 Å². The molecule has 0 unspecified atom stereocenters. The molecule has 0 heterocycles. The maximum absolute atomic E-state index is 11.5. The molecule has 0 aromatic heterocycles. The van der Waals surface area contributed by atoms with Gasteiger partial charge in [-0.2, -0.15) is 0 Å². The average molecular weight is 347 g/mol. The van der Waals surface area contributed by atoms with Gasteiger partial charge in [0.25, 0.3) is 0 Å². The van der Waals surface area contributed by atoms with E-state index in [4.69, 9.17) is 4.74 Å². The molecule has 0 aromatic carbocycles. The molecule has 2 heteroatoms. The Morgan fingerprint density at radius 2 is 1.44 bits per heavy atom. The highest BCUT2D eigenvalue weighted by atomic mass is 16.5. The summed E-state index contributed by atoms with van der Waals surface area (Å²) in [6.07, 6.45) is 24.8. The summed E-state index contributed by atoms with van der Waals surface area (Å²) in [5.74, 6) is -0.0672. The highest BCUT2D eigenvalue weighted by Crippen LogP contribution is 2.09. The number of carbonyl (C=O) groups excluding carboxylic acids is 1. The van der Waals surface area contributed by atoms with Crippen molar-refractivity contribution in [3.63, 3.8) is 0 Å². The third-order valence-corrected chi connectivity index (χ3v) is 3.82. The maximum atomic E-state index is 11.5. The highest BCUT2D eigenvalue weighted by Gasteiger charge is 2.02. The van der Waals surface area contributed by atoms with Crippen LogP contribution in [0.5, 0.6) is 0 Å². The predicted octanol–water partition coefficient (Wildman–Crippen LogP) is 7.09. The van der Waals surface area contributed by atoms with Crippen molar-refractivity contribution in [2.75, 3.05) is 6.61 Å². The van der Waals surface area contributed by atoms with E-state index in [-0.39, 0.29) is 5.97 Å². The van der Waals surface area contributed by atoms with E-state index in [9.17, 15) is 4.79 Å². The number of ether oxygens (including phenoxy) is 1. The molecule has 0 aliphatic rings. The van der Waals surface area contributed by atoms with Crippen molar-refractivity contribution in [1.29, 1.82) is 0 Å². The molecule has 0 amide bonds. The van der Waals surface area contributed by atoms with Gasteiger partial charge in [-0.1, -0.05) is 68.2 Å². The van der Waals surface area contributed by atoms with Crippen LogP contribution in [0.1, 0.15) is 84.5 Å². The van der Waals surface area contributed by atoms with Crippen LogP contribution in [-0.4, -0.2) is 12.6 Å². The van der Waals surface area contributed by atoms with Crippen LogP contribution < -0.4 is 0 Å². The van der Waals surface area contributed by atoms with Crippen LogP contribution in [0.2, 0.25) is 0 Å². The molecule has 142 valence electrons. The first-order valence-electron chi connectivity index (χ1n) is 9.91. The Bertz CT molecular complexity index is 416. The molecule has 25 heavy (non-hydrogen) atoms. The van der Waals surface area contributed by atoms with Crippen molar-refractivity contribution in [3.05, 3.63) is 48.6 Å². The molecule has 0 bridgehead atoms. The van der Waals surface area contributed by atoms with Crippen molar-refractivity contribution in [1.82, 2.24) is 0 Å². The molecule has 0 saturated heterocycles. The standard InChI is InChI=1S/C23H38O2/c1-4-5-6-7-8-9-10-11-12-13-14-15-16-17-18-19-23(24)25-21-20-22(2)3/h5-6,8-9,11-12H,2,4,7,10,13-21H2,1,3H3/b6-5-,9-8-,12-11-. The number of hydrogen-bond donors (Lipinski definition) is 0. The Morgan fingerprint density at radius 3 is 2.12 bits per heavy atom. The third kappa shape index (κ3) is 20.4. The van der Waals surface area contributed by atoms with Crippen LogP contribution in [0, 0.1) is 0 Å². The third-order valence-electron chi connectivity index (χ3n) is 3.82. The van der Waals surface area contributed by atoms with Gasteiger partial charge in [0.05, 0.1) is 6.61 Å². The fraction of sp³-hybridized carbons (Fsp3) is 0.609. The van der Waals surface area contributed by atoms with E-state index >= 15 is 0 Å². The smallest absolute Gasteiger partial charge is 0.305 e. The molecule has 0 radical (unpaired) electrons. The molecule has 0 saturated carbocycles. The summed E-state index contributed by atoms with van der Waals surface area (Å²) in [5.41, 5.74) is 1.06. The minimum Gasteiger partial charge on any atom is -0.465 e. The Morgan fingerprint density at radius 1 is 0.840 bits per heavy atom. The second kappa shape index (κ2) is 18.8. The lowest BCUT2D eigenvalue weighted by Gasteiger charge is -2.04. The summed E-state index contributed by atoms with van der Waals surface area (Å²) in [5, 5.41) is 0. The summed E-state index contributed by atoms with van der Waals surface area (Å²) in [7, 11) is 0. The van der Waals surface area contributed by atoms with Gasteiger partial charge in [0.1, 0.15) is 0 Å². The van der Waals surface area contributed by atoms with Gasteiger partial charge >= 0.3 is 5.97 Å². The second-order valence-electron chi connectivity index (χ2n) is 6.53. The quantitative estimate of drug-likeness (QED) is 0.169. The summed E-state index contributed by atoms with van der Waals surface area (Å²) >= 11 is 0. The van der Waals surface area contributed by atoms with Crippen LogP contribution in [0.3, 0.4) is 0 Å². The molecule has 0 spiro atoms. The minimum atomic E-state index is -0.0672. The number of carbonyl (C=O) groups is 1. The Hall–Kier alpha value is -1.57. The largest absolute Gasteiger partial charge is 0.465 e. The Kier molecular flexibility index (Phi) is 17.6. The molecular formula is C23H38O2. The van der Waals surface area contributed by atoms with E-state index in [1.165, 1.54) is 19.3 Å². The lowest BCUT2D eigenvalue weighted by molar-refractivity contribution is -0.143. The molecule has 0 N–H and O–H groups in total. The van der Waals surface area contributed by atoms with E-state index in [2.05, 4.69) is 50.0 Å². The second-order valence-corrected chi connectivity index (χ2v) is 6.53. The van der Waals surface area contributed by atoms with Gasteiger partial charge in [0.15, 0.2) is 0 Å². The van der Waals surface area contributed by atoms with Gasteiger partial charge in [-0.05, 0) is 45.4 Å². The maximum Gasteiger partial charge on any atom is 0.305 e. The van der Waals surface area contributed by atoms with Crippen LogP contribution in [0.4, 0.5) is 0 Å². The predicted molar refractivity (Wildman–Crippen MR) is 110 cm³/mol. The van der Waals surface area contributed by atoms with E-state index in [1.54, 1.807) is 0 Å². The van der Waals surface area contributed by atoms with Crippen LogP contribution in [0.25, 0.3) is 0 Å². The molecule has 0 aliphatic carbocycles. The molecule has 2 nitrogen and oxygen atoms in total. The van der Waals surface area contributed by atoms with Gasteiger partial charge in [-0.15, -0.1) is 6.58 Å². The fourth-order valence-electron chi connectivity index (χ4n) is 2.30. The summed E-state index contributed by atoms with van der Waals surface area (Å²) < 4.78 is 5.15. The summed E-state index contributed by atoms with van der Waals surface area (Å²) in [6.45, 7) is 8.38. The summed E-state index contributed by atoms with van der Waals surface area (Å²) in [6, 6.07) is 0. The van der Waals surface area contributed by atoms with Gasteiger partial charge in [0.2, 0.25) is 0 Å². The molecular weight excluding hydrogens is 308 g/mol. The molecule has 0 aliphatic heterocycles. The van der Waals surface area contributed by atoms with E-state index in [0.29, 0.717) is 13.0 Å². The average Bonchev–Trinajstić information content (AvgIpc) is 2.58. The molecule has 0 fully saturated rings. The first-order valence-corrected chi connectivity index (χ1v) is 9.91. The van der Waals surface area contributed by atoms with Crippen LogP contribution >= 0.6 is 0 Å². The van der Waals surface area contributed by atoms with Crippen molar-refractivity contribution in [2.45, 2.75) is 84.5 Å². The normalized spacial score (nSPS) is 11.8. The monoisotopic (exact) mass is 346 g/mol. The van der Waals surface area contributed by atoms with Crippen LogP contribution in [-0.2, 0) is 9.53 Å². The SMILES string of the molecule is C=C(C)CCOC(=O)CCCCCCC/C=C\C/C=C\C/C=C\CC. The lowest BCUT2D eigenvalue weighted by atomic mass is 10.1. The van der Waals surface area contributed by atoms with Gasteiger partial charge in [-0.25, -0.2) is 0 Å².